The van der Waals surface area contributed by atoms with E-state index < -0.39 is 96.0 Å². The number of para-hydroxylation sites is 1. The molecular weight excluding hydrogens is 716 g/mol. The molecule has 0 radical (unpaired) electrons. The van der Waals surface area contributed by atoms with Gasteiger partial charge >= 0.3 is 0 Å². The molecule has 2 aliphatic rings. The summed E-state index contributed by atoms with van der Waals surface area (Å²) < 4.78 is 6.25. The standard InChI is InChI=1S/C41H64N8O7/c1-19(2)16-28-35(50)45-30(20(3)4)37(52)44-29(17-25-18-42-27-15-13-12-14-26(25)27)36(51)48-33(23(9)10)41-49-34(24(11)56-41)40(55)47-32(22(7)8)39(54)46-31(21(5)6)38(53)43-28/h12-15,18-24,28-34,41-42,49H,16-17H2,1-11H3,(H,43,53)(H,44,52)(H,45,50)(H,46,54)(H,47,55)(H,48,51). The SMILES string of the molecule is CC(C)CC1NC(=O)C(C(C)C)NC(=O)C(C(C)C)NC(=O)C2NC(OC2C)C(C(C)C)NC(=O)C(Cc2c[nH]c3ccccc23)NC(=O)C(C(C)C)NC1=O. The number of aromatic nitrogens is 1. The average Bonchev–Trinajstić information content (AvgIpc) is 3.71. The van der Waals surface area contributed by atoms with Crippen molar-refractivity contribution in [1.82, 2.24) is 42.2 Å². The Morgan fingerprint density at radius 1 is 0.589 bits per heavy atom. The van der Waals surface area contributed by atoms with Crippen LogP contribution in [0.3, 0.4) is 0 Å². The van der Waals surface area contributed by atoms with Gasteiger partial charge in [-0.1, -0.05) is 87.4 Å². The van der Waals surface area contributed by atoms with Gasteiger partial charge in [0.15, 0.2) is 0 Å². The van der Waals surface area contributed by atoms with E-state index in [9.17, 15) is 28.8 Å². The topological polar surface area (TPSA) is 212 Å². The first-order chi connectivity index (χ1) is 26.3. The Kier molecular flexibility index (Phi) is 15.1. The molecule has 4 rings (SSSR count). The van der Waals surface area contributed by atoms with Crippen LogP contribution in [0.4, 0.5) is 0 Å². The first kappa shape index (κ1) is 44.2. The number of aromatic amines is 1. The van der Waals surface area contributed by atoms with Crippen LogP contribution in [-0.4, -0.2) is 95.1 Å². The molecule has 2 fully saturated rings. The molecule has 2 bridgehead atoms. The van der Waals surface area contributed by atoms with E-state index in [2.05, 4.69) is 42.2 Å². The van der Waals surface area contributed by atoms with E-state index in [0.717, 1.165) is 16.5 Å². The van der Waals surface area contributed by atoms with Gasteiger partial charge in [-0.05, 0) is 54.6 Å². The number of H-pyrrole nitrogens is 1. The maximum atomic E-state index is 14.4. The van der Waals surface area contributed by atoms with Crippen LogP contribution < -0.4 is 37.2 Å². The Morgan fingerprint density at radius 3 is 1.64 bits per heavy atom. The number of carbonyl (C=O) groups excluding carboxylic acids is 6. The number of benzene rings is 1. The van der Waals surface area contributed by atoms with Gasteiger partial charge in [0.2, 0.25) is 35.4 Å². The number of fused-ring (bicyclic) bond motifs is 3. The van der Waals surface area contributed by atoms with E-state index in [4.69, 9.17) is 4.74 Å². The highest BCUT2D eigenvalue weighted by molar-refractivity contribution is 5.97. The van der Waals surface area contributed by atoms with Crippen molar-refractivity contribution in [2.75, 3.05) is 0 Å². The highest BCUT2D eigenvalue weighted by atomic mass is 16.5. The fraction of sp³-hybridized carbons (Fsp3) is 0.659. The molecule has 15 heteroatoms. The quantitative estimate of drug-likeness (QED) is 0.198. The van der Waals surface area contributed by atoms with Crippen LogP contribution in [0.5, 0.6) is 0 Å². The predicted octanol–water partition coefficient (Wildman–Crippen LogP) is 2.01. The lowest BCUT2D eigenvalue weighted by atomic mass is 9.97. The lowest BCUT2D eigenvalue weighted by Crippen LogP contribution is -2.61. The van der Waals surface area contributed by atoms with Gasteiger partial charge in [0.05, 0.1) is 12.1 Å². The minimum atomic E-state index is -1.07. The van der Waals surface area contributed by atoms with Crippen molar-refractivity contribution in [2.45, 2.75) is 144 Å². The first-order valence-corrected chi connectivity index (χ1v) is 20.1. The minimum Gasteiger partial charge on any atom is -0.361 e. The summed E-state index contributed by atoms with van der Waals surface area (Å²) in [7, 11) is 0. The van der Waals surface area contributed by atoms with Crippen molar-refractivity contribution < 1.29 is 33.5 Å². The third-order valence-corrected chi connectivity index (χ3v) is 10.6. The summed E-state index contributed by atoms with van der Waals surface area (Å²) in [5.41, 5.74) is 1.68. The summed E-state index contributed by atoms with van der Waals surface area (Å²) in [4.78, 5) is 87.4. The molecule has 3 heterocycles. The summed E-state index contributed by atoms with van der Waals surface area (Å²) in [6.07, 6.45) is 0.781. The Morgan fingerprint density at radius 2 is 1.09 bits per heavy atom. The van der Waals surface area contributed by atoms with Crippen molar-refractivity contribution in [1.29, 1.82) is 0 Å². The van der Waals surface area contributed by atoms with E-state index >= 15 is 0 Å². The lowest BCUT2D eigenvalue weighted by molar-refractivity contribution is -0.137. The fourth-order valence-electron chi connectivity index (χ4n) is 7.30. The second-order valence-corrected chi connectivity index (χ2v) is 17.2. The van der Waals surface area contributed by atoms with Crippen molar-refractivity contribution in [2.24, 2.45) is 29.6 Å². The van der Waals surface area contributed by atoms with E-state index in [1.165, 1.54) is 0 Å². The van der Waals surface area contributed by atoms with Crippen LogP contribution in [0.1, 0.15) is 88.1 Å². The molecule has 9 atom stereocenters. The molecule has 6 amide bonds. The van der Waals surface area contributed by atoms with E-state index in [-0.39, 0.29) is 36.5 Å². The number of ether oxygens (including phenoxy) is 1. The molecule has 8 N–H and O–H groups in total. The van der Waals surface area contributed by atoms with E-state index in [1.807, 2.05) is 58.2 Å². The molecule has 2 aliphatic heterocycles. The summed E-state index contributed by atoms with van der Waals surface area (Å²) >= 11 is 0. The second-order valence-electron chi connectivity index (χ2n) is 17.2. The summed E-state index contributed by atoms with van der Waals surface area (Å²) in [5, 5.41) is 21.6. The van der Waals surface area contributed by atoms with Gasteiger partial charge in [-0.15, -0.1) is 0 Å². The largest absolute Gasteiger partial charge is 0.361 e. The van der Waals surface area contributed by atoms with Gasteiger partial charge in [-0.3, -0.25) is 34.1 Å². The van der Waals surface area contributed by atoms with Crippen LogP contribution >= 0.6 is 0 Å². The molecule has 9 unspecified atom stereocenters. The molecule has 56 heavy (non-hydrogen) atoms. The zero-order valence-electron chi connectivity index (χ0n) is 34.7. The van der Waals surface area contributed by atoms with Gasteiger partial charge in [0.1, 0.15) is 42.5 Å². The molecule has 1 aromatic heterocycles. The molecule has 15 nitrogen and oxygen atoms in total. The number of hydrogen-bond donors (Lipinski definition) is 8. The zero-order chi connectivity index (χ0) is 41.6. The molecule has 2 aromatic rings. The minimum absolute atomic E-state index is 0.0204. The van der Waals surface area contributed by atoms with Crippen molar-refractivity contribution in [3.8, 4) is 0 Å². The van der Waals surface area contributed by atoms with Crippen LogP contribution in [0, 0.1) is 29.6 Å². The normalized spacial score (nSPS) is 29.2. The first-order valence-electron chi connectivity index (χ1n) is 20.1. The molecule has 0 aliphatic carbocycles. The molecule has 0 saturated carbocycles. The Labute approximate surface area is 330 Å². The van der Waals surface area contributed by atoms with Gasteiger partial charge in [0.25, 0.3) is 0 Å². The predicted molar refractivity (Wildman–Crippen MR) is 214 cm³/mol. The van der Waals surface area contributed by atoms with E-state index in [1.54, 1.807) is 48.5 Å². The zero-order valence-corrected chi connectivity index (χ0v) is 34.7. The molecule has 0 spiro atoms. The van der Waals surface area contributed by atoms with Crippen LogP contribution in [0.2, 0.25) is 0 Å². The van der Waals surface area contributed by atoms with Crippen molar-refractivity contribution >= 4 is 46.3 Å². The number of carbonyl (C=O) groups is 6. The summed E-state index contributed by atoms with van der Waals surface area (Å²) in [6.45, 7) is 20.1. The maximum Gasteiger partial charge on any atom is 0.243 e. The van der Waals surface area contributed by atoms with Crippen LogP contribution in [-0.2, 0) is 39.9 Å². The van der Waals surface area contributed by atoms with Gasteiger partial charge in [0, 0.05) is 23.5 Å². The third-order valence-electron chi connectivity index (χ3n) is 10.6. The highest BCUT2D eigenvalue weighted by Crippen LogP contribution is 2.22. The third kappa shape index (κ3) is 10.9. The average molecular weight is 781 g/mol. The fourth-order valence-corrected chi connectivity index (χ4v) is 7.30. The monoisotopic (exact) mass is 780 g/mol. The van der Waals surface area contributed by atoms with Gasteiger partial charge < -0.3 is 41.6 Å². The Bertz CT molecular complexity index is 1720. The molecule has 2 saturated heterocycles. The maximum absolute atomic E-state index is 14.4. The summed E-state index contributed by atoms with van der Waals surface area (Å²) in [5.74, 6) is -4.53. The number of amides is 6. The van der Waals surface area contributed by atoms with Gasteiger partial charge in [-0.25, -0.2) is 0 Å². The number of nitrogens with one attached hydrogen (secondary N) is 8. The van der Waals surface area contributed by atoms with Crippen LogP contribution in [0.25, 0.3) is 10.9 Å². The molecular formula is C41H64N8O7. The van der Waals surface area contributed by atoms with Crippen LogP contribution in [0.15, 0.2) is 30.5 Å². The number of hydrogen-bond acceptors (Lipinski definition) is 8. The highest BCUT2D eigenvalue weighted by Gasteiger charge is 2.44. The molecule has 310 valence electrons. The number of rotatable bonds is 8. The molecule has 1 aromatic carbocycles. The van der Waals surface area contributed by atoms with Gasteiger partial charge in [-0.2, -0.15) is 0 Å². The van der Waals surface area contributed by atoms with Crippen molar-refractivity contribution in [3.63, 3.8) is 0 Å². The lowest BCUT2D eigenvalue weighted by Gasteiger charge is -2.31. The Balaban J connectivity index is 1.78. The smallest absolute Gasteiger partial charge is 0.243 e. The van der Waals surface area contributed by atoms with E-state index in [0.29, 0.717) is 0 Å². The summed E-state index contributed by atoms with van der Waals surface area (Å²) in [6, 6.07) is 0.955. The second kappa shape index (κ2) is 19.1. The Hall–Kier alpha value is -4.50. The van der Waals surface area contributed by atoms with Crippen molar-refractivity contribution in [3.05, 3.63) is 36.0 Å².